The fraction of sp³-hybridized carbons (Fsp3) is 0.375. The summed E-state index contributed by atoms with van der Waals surface area (Å²) in [6.07, 6.45) is 1.95. The number of esters is 1. The molecule has 0 unspecified atom stereocenters. The van der Waals surface area contributed by atoms with Gasteiger partial charge in [-0.05, 0) is 31.4 Å². The number of hydrogen-bond donors (Lipinski definition) is 0. The van der Waals surface area contributed by atoms with Crippen LogP contribution in [0.1, 0.15) is 29.6 Å². The Hall–Kier alpha value is -2.30. The van der Waals surface area contributed by atoms with E-state index >= 15 is 0 Å². The normalized spacial score (nSPS) is 14.0. The van der Waals surface area contributed by atoms with Crippen molar-refractivity contribution >= 4 is 11.8 Å². The van der Waals surface area contributed by atoms with E-state index in [0.717, 1.165) is 6.42 Å². The summed E-state index contributed by atoms with van der Waals surface area (Å²) < 4.78 is 15.1. The molecule has 1 aromatic rings. The lowest BCUT2D eigenvalue weighted by molar-refractivity contribution is -0.136. The van der Waals surface area contributed by atoms with Gasteiger partial charge < -0.3 is 14.2 Å². The van der Waals surface area contributed by atoms with E-state index in [1.165, 1.54) is 21.3 Å². The summed E-state index contributed by atoms with van der Waals surface area (Å²) in [5.41, 5.74) is 1.45. The number of carbonyl (C=O) groups is 2. The summed E-state index contributed by atoms with van der Waals surface area (Å²) in [6.45, 7) is 0. The number of Topliss-reactive ketones (excluding diaryl/α,β-unsaturated/α-hetero) is 1. The highest BCUT2D eigenvalue weighted by molar-refractivity contribution is 6.13. The molecule has 0 fully saturated rings. The second-order valence-corrected chi connectivity index (χ2v) is 4.73. The molecule has 5 nitrogen and oxygen atoms in total. The van der Waals surface area contributed by atoms with Crippen LogP contribution in [0, 0.1) is 0 Å². The second kappa shape index (κ2) is 6.43. The number of methoxy groups -OCH3 is 3. The largest absolute Gasteiger partial charge is 0.497 e. The first-order chi connectivity index (χ1) is 10.1. The molecule has 0 saturated heterocycles. The lowest BCUT2D eigenvalue weighted by atomic mass is 9.99. The van der Waals surface area contributed by atoms with Crippen LogP contribution in [0.2, 0.25) is 0 Å². The molecule has 1 aliphatic carbocycles. The van der Waals surface area contributed by atoms with Crippen LogP contribution >= 0.6 is 0 Å². The van der Waals surface area contributed by atoms with Crippen molar-refractivity contribution in [3.8, 4) is 11.5 Å². The zero-order valence-electron chi connectivity index (χ0n) is 12.4. The summed E-state index contributed by atoms with van der Waals surface area (Å²) in [4.78, 5) is 24.4. The molecule has 0 N–H and O–H groups in total. The van der Waals surface area contributed by atoms with Crippen molar-refractivity contribution in [2.75, 3.05) is 21.3 Å². The smallest absolute Gasteiger partial charge is 0.334 e. The molecule has 0 atom stereocenters. The topological polar surface area (TPSA) is 61.8 Å². The molecule has 21 heavy (non-hydrogen) atoms. The van der Waals surface area contributed by atoms with E-state index in [9.17, 15) is 9.59 Å². The summed E-state index contributed by atoms with van der Waals surface area (Å²) in [6, 6.07) is 4.98. The molecular formula is C16H18O5. The van der Waals surface area contributed by atoms with Gasteiger partial charge in [-0.3, -0.25) is 4.79 Å². The number of ether oxygens (including phenoxy) is 3. The first kappa shape index (κ1) is 15.1. The van der Waals surface area contributed by atoms with Gasteiger partial charge in [-0.2, -0.15) is 0 Å². The van der Waals surface area contributed by atoms with Crippen LogP contribution in [0.4, 0.5) is 0 Å². The van der Waals surface area contributed by atoms with Gasteiger partial charge in [0.25, 0.3) is 0 Å². The minimum Gasteiger partial charge on any atom is -0.497 e. The Balaban J connectivity index is 2.42. The van der Waals surface area contributed by atoms with E-state index in [-0.39, 0.29) is 5.78 Å². The summed E-state index contributed by atoms with van der Waals surface area (Å²) in [7, 11) is 4.37. The van der Waals surface area contributed by atoms with Gasteiger partial charge in [0.05, 0.1) is 21.3 Å². The van der Waals surface area contributed by atoms with Gasteiger partial charge in [-0.15, -0.1) is 0 Å². The Kier molecular flexibility index (Phi) is 4.62. The molecule has 0 saturated carbocycles. The van der Waals surface area contributed by atoms with E-state index in [2.05, 4.69) is 0 Å². The molecule has 2 rings (SSSR count). The Bertz CT molecular complexity index is 578. The standard InChI is InChI=1S/C16H18O5/c1-19-11-7-10(8-12(9-11)20-2)15(17)13-5-4-6-14(13)16(18)21-3/h7-9H,4-6H2,1-3H3. The summed E-state index contributed by atoms with van der Waals surface area (Å²) in [5.74, 6) is 0.475. The average Bonchev–Trinajstić information content (AvgIpc) is 3.02. The van der Waals surface area contributed by atoms with Gasteiger partial charge in [0.1, 0.15) is 11.5 Å². The van der Waals surface area contributed by atoms with Crippen molar-refractivity contribution in [3.05, 3.63) is 34.9 Å². The van der Waals surface area contributed by atoms with Crippen LogP contribution in [0.15, 0.2) is 29.3 Å². The third-order valence-electron chi connectivity index (χ3n) is 3.54. The van der Waals surface area contributed by atoms with E-state index in [1.807, 2.05) is 0 Å². The van der Waals surface area contributed by atoms with Crippen molar-refractivity contribution in [2.45, 2.75) is 19.3 Å². The molecule has 0 radical (unpaired) electrons. The molecule has 5 heteroatoms. The Morgan fingerprint density at radius 3 is 2.00 bits per heavy atom. The minimum absolute atomic E-state index is 0.176. The third kappa shape index (κ3) is 3.07. The number of allylic oxidation sites excluding steroid dienone is 1. The Labute approximate surface area is 123 Å². The Morgan fingerprint density at radius 2 is 1.48 bits per heavy atom. The molecule has 0 amide bonds. The first-order valence-corrected chi connectivity index (χ1v) is 6.68. The highest BCUT2D eigenvalue weighted by Gasteiger charge is 2.27. The summed E-state index contributed by atoms with van der Waals surface area (Å²) >= 11 is 0. The molecule has 0 bridgehead atoms. The molecule has 0 aromatic heterocycles. The zero-order valence-corrected chi connectivity index (χ0v) is 12.4. The van der Waals surface area contributed by atoms with Gasteiger partial charge in [-0.25, -0.2) is 4.79 Å². The molecule has 0 aliphatic heterocycles. The minimum atomic E-state index is -0.425. The quantitative estimate of drug-likeness (QED) is 0.616. The van der Waals surface area contributed by atoms with Crippen LogP contribution in [-0.2, 0) is 9.53 Å². The van der Waals surface area contributed by atoms with Crippen molar-refractivity contribution in [1.29, 1.82) is 0 Å². The van der Waals surface area contributed by atoms with Crippen LogP contribution < -0.4 is 9.47 Å². The SMILES string of the molecule is COC(=O)C1=C(C(=O)c2cc(OC)cc(OC)c2)CCC1. The zero-order chi connectivity index (χ0) is 15.4. The maximum Gasteiger partial charge on any atom is 0.334 e. The molecule has 0 heterocycles. The third-order valence-corrected chi connectivity index (χ3v) is 3.54. The van der Waals surface area contributed by atoms with Crippen LogP contribution in [0.3, 0.4) is 0 Å². The van der Waals surface area contributed by atoms with E-state index in [4.69, 9.17) is 14.2 Å². The van der Waals surface area contributed by atoms with Crippen molar-refractivity contribution in [3.63, 3.8) is 0 Å². The summed E-state index contributed by atoms with van der Waals surface area (Å²) in [5, 5.41) is 0. The lowest BCUT2D eigenvalue weighted by Crippen LogP contribution is -2.10. The Morgan fingerprint density at radius 1 is 0.905 bits per heavy atom. The number of carbonyl (C=O) groups excluding carboxylic acids is 2. The predicted molar refractivity (Wildman–Crippen MR) is 76.8 cm³/mol. The predicted octanol–water partition coefficient (Wildman–Crippen LogP) is 2.54. The maximum absolute atomic E-state index is 12.6. The van der Waals surface area contributed by atoms with Crippen molar-refractivity contribution in [1.82, 2.24) is 0 Å². The van der Waals surface area contributed by atoms with E-state index < -0.39 is 5.97 Å². The van der Waals surface area contributed by atoms with Gasteiger partial charge in [-0.1, -0.05) is 0 Å². The number of benzene rings is 1. The molecule has 0 spiro atoms. The van der Waals surface area contributed by atoms with Crippen molar-refractivity contribution < 1.29 is 23.8 Å². The van der Waals surface area contributed by atoms with Gasteiger partial charge in [0.15, 0.2) is 5.78 Å². The van der Waals surface area contributed by atoms with Crippen LogP contribution in [0.25, 0.3) is 0 Å². The molecule has 1 aliphatic rings. The molecular weight excluding hydrogens is 272 g/mol. The molecule has 1 aromatic carbocycles. The lowest BCUT2D eigenvalue weighted by Gasteiger charge is -2.09. The number of ketones is 1. The van der Waals surface area contributed by atoms with E-state index in [1.54, 1.807) is 18.2 Å². The van der Waals surface area contributed by atoms with Gasteiger partial charge in [0.2, 0.25) is 0 Å². The molecule has 112 valence electrons. The fourth-order valence-corrected chi connectivity index (χ4v) is 2.46. The van der Waals surface area contributed by atoms with Gasteiger partial charge in [0, 0.05) is 22.8 Å². The monoisotopic (exact) mass is 290 g/mol. The van der Waals surface area contributed by atoms with Gasteiger partial charge >= 0.3 is 5.97 Å². The fourth-order valence-electron chi connectivity index (χ4n) is 2.46. The van der Waals surface area contributed by atoms with Crippen LogP contribution in [-0.4, -0.2) is 33.1 Å². The number of rotatable bonds is 5. The van der Waals surface area contributed by atoms with Crippen molar-refractivity contribution in [2.24, 2.45) is 0 Å². The maximum atomic E-state index is 12.6. The van der Waals surface area contributed by atoms with E-state index in [0.29, 0.717) is 41.1 Å². The highest BCUT2D eigenvalue weighted by Crippen LogP contribution is 2.31. The highest BCUT2D eigenvalue weighted by atomic mass is 16.5. The van der Waals surface area contributed by atoms with Crippen LogP contribution in [0.5, 0.6) is 11.5 Å². The number of hydrogen-bond acceptors (Lipinski definition) is 5. The average molecular weight is 290 g/mol. The first-order valence-electron chi connectivity index (χ1n) is 6.68. The second-order valence-electron chi connectivity index (χ2n) is 4.73.